The van der Waals surface area contributed by atoms with Gasteiger partial charge in [-0.05, 0) is 53.2 Å². The summed E-state index contributed by atoms with van der Waals surface area (Å²) >= 11 is 0. The third kappa shape index (κ3) is 3.29. The molecule has 0 bridgehead atoms. The molecule has 1 saturated heterocycles. The molecule has 1 atom stereocenters. The lowest BCUT2D eigenvalue weighted by molar-refractivity contribution is 0.206. The van der Waals surface area contributed by atoms with E-state index in [-0.39, 0.29) is 0 Å². The molecule has 1 aliphatic heterocycles. The minimum Gasteiger partial charge on any atom is -0.317 e. The molecule has 1 aliphatic rings. The van der Waals surface area contributed by atoms with Gasteiger partial charge in [0.25, 0.3) is 0 Å². The third-order valence-electron chi connectivity index (χ3n) is 3.70. The van der Waals surface area contributed by atoms with E-state index in [0.29, 0.717) is 12.1 Å². The first-order chi connectivity index (χ1) is 8.68. The molecule has 0 aromatic carbocycles. The van der Waals surface area contributed by atoms with Gasteiger partial charge < -0.3 is 5.32 Å². The van der Waals surface area contributed by atoms with Crippen molar-refractivity contribution in [1.29, 1.82) is 0 Å². The van der Waals surface area contributed by atoms with Gasteiger partial charge in [-0.15, -0.1) is 0 Å². The maximum Gasteiger partial charge on any atom is 0.141 e. The molecular weight excluding hydrogens is 226 g/mol. The highest BCUT2D eigenvalue weighted by molar-refractivity contribution is 4.88. The van der Waals surface area contributed by atoms with E-state index in [1.165, 1.54) is 19.3 Å². The summed E-state index contributed by atoms with van der Waals surface area (Å²) in [5.41, 5.74) is 0. The van der Waals surface area contributed by atoms with Crippen molar-refractivity contribution >= 4 is 0 Å². The highest BCUT2D eigenvalue weighted by Crippen LogP contribution is 2.15. The predicted molar refractivity (Wildman–Crippen MR) is 72.4 cm³/mol. The number of nitrogens with zero attached hydrogens (tertiary/aromatic N) is 4. The Morgan fingerprint density at radius 2 is 2.28 bits per heavy atom. The minimum absolute atomic E-state index is 0.381. The summed E-state index contributed by atoms with van der Waals surface area (Å²) in [6, 6.07) is 1.05. The Morgan fingerprint density at radius 3 is 3.06 bits per heavy atom. The lowest BCUT2D eigenvalue weighted by atomic mass is 10.1. The Labute approximate surface area is 110 Å². The van der Waals surface area contributed by atoms with E-state index in [9.17, 15) is 0 Å². The molecule has 1 aromatic rings. The topological polar surface area (TPSA) is 46.0 Å². The smallest absolute Gasteiger partial charge is 0.141 e. The summed E-state index contributed by atoms with van der Waals surface area (Å²) in [6.07, 6.45) is 5.44. The average Bonchev–Trinajstić information content (AvgIpc) is 2.63. The normalized spacial score (nSPS) is 21.5. The first-order valence-electron chi connectivity index (χ1n) is 6.98. The van der Waals surface area contributed by atoms with Crippen molar-refractivity contribution in [2.75, 3.05) is 20.1 Å². The van der Waals surface area contributed by atoms with E-state index in [4.69, 9.17) is 0 Å². The molecule has 0 saturated carbocycles. The molecule has 1 N–H and O–H groups in total. The molecule has 1 fully saturated rings. The molecule has 1 aromatic heterocycles. The van der Waals surface area contributed by atoms with Crippen LogP contribution in [0.15, 0.2) is 6.33 Å². The molecule has 18 heavy (non-hydrogen) atoms. The van der Waals surface area contributed by atoms with E-state index in [2.05, 4.69) is 41.2 Å². The Balaban J connectivity index is 1.97. The Bertz CT molecular complexity index is 352. The molecule has 5 heteroatoms. The second kappa shape index (κ2) is 6.29. The van der Waals surface area contributed by atoms with Gasteiger partial charge in [0.1, 0.15) is 12.2 Å². The highest BCUT2D eigenvalue weighted by atomic mass is 15.4. The Kier molecular flexibility index (Phi) is 4.72. The zero-order valence-electron chi connectivity index (χ0n) is 11.8. The Morgan fingerprint density at radius 1 is 1.44 bits per heavy atom. The van der Waals surface area contributed by atoms with Crippen LogP contribution in [0, 0.1) is 0 Å². The fraction of sp³-hybridized carbons (Fsp3) is 0.846. The van der Waals surface area contributed by atoms with Crippen molar-refractivity contribution in [1.82, 2.24) is 25.0 Å². The lowest BCUT2D eigenvalue weighted by Crippen LogP contribution is -2.33. The van der Waals surface area contributed by atoms with Gasteiger partial charge in [0, 0.05) is 12.1 Å². The summed E-state index contributed by atoms with van der Waals surface area (Å²) < 4.78 is 2.02. The molecule has 0 radical (unpaired) electrons. The van der Waals surface area contributed by atoms with Gasteiger partial charge in [0.2, 0.25) is 0 Å². The van der Waals surface area contributed by atoms with Gasteiger partial charge in [-0.2, -0.15) is 5.10 Å². The van der Waals surface area contributed by atoms with Gasteiger partial charge in [-0.3, -0.25) is 4.90 Å². The highest BCUT2D eigenvalue weighted by Gasteiger charge is 2.19. The first-order valence-corrected chi connectivity index (χ1v) is 6.98. The van der Waals surface area contributed by atoms with Crippen LogP contribution in [0.1, 0.15) is 45.0 Å². The van der Waals surface area contributed by atoms with Crippen molar-refractivity contribution in [3.05, 3.63) is 12.2 Å². The maximum atomic E-state index is 4.39. The van der Waals surface area contributed by atoms with Crippen molar-refractivity contribution < 1.29 is 0 Å². The summed E-state index contributed by atoms with van der Waals surface area (Å²) in [7, 11) is 2.20. The van der Waals surface area contributed by atoms with Gasteiger partial charge in [0.05, 0.1) is 6.54 Å². The Hall–Kier alpha value is -0.940. The SMILES string of the molecule is CC(C)n1ncnc1CN(C)C1CCCNCC1. The van der Waals surface area contributed by atoms with Gasteiger partial charge in [-0.25, -0.2) is 9.67 Å². The fourth-order valence-electron chi connectivity index (χ4n) is 2.61. The largest absolute Gasteiger partial charge is 0.317 e. The first kappa shape index (κ1) is 13.5. The van der Waals surface area contributed by atoms with Crippen LogP contribution >= 0.6 is 0 Å². The second-order valence-electron chi connectivity index (χ2n) is 5.46. The van der Waals surface area contributed by atoms with E-state index in [1.54, 1.807) is 6.33 Å². The second-order valence-corrected chi connectivity index (χ2v) is 5.46. The van der Waals surface area contributed by atoms with E-state index in [0.717, 1.165) is 25.5 Å². The van der Waals surface area contributed by atoms with Crippen molar-refractivity contribution in [2.45, 2.75) is 51.7 Å². The van der Waals surface area contributed by atoms with Crippen LogP contribution in [0.3, 0.4) is 0 Å². The number of nitrogens with one attached hydrogen (secondary N) is 1. The molecular formula is C13H25N5. The monoisotopic (exact) mass is 251 g/mol. The van der Waals surface area contributed by atoms with Gasteiger partial charge >= 0.3 is 0 Å². The maximum absolute atomic E-state index is 4.39. The van der Waals surface area contributed by atoms with Gasteiger partial charge in [-0.1, -0.05) is 0 Å². The van der Waals surface area contributed by atoms with Crippen LogP contribution in [-0.2, 0) is 6.54 Å². The summed E-state index contributed by atoms with van der Waals surface area (Å²) in [5.74, 6) is 1.07. The van der Waals surface area contributed by atoms with E-state index >= 15 is 0 Å². The molecule has 0 spiro atoms. The minimum atomic E-state index is 0.381. The van der Waals surface area contributed by atoms with Crippen molar-refractivity contribution in [3.63, 3.8) is 0 Å². The number of rotatable bonds is 4. The molecule has 102 valence electrons. The average molecular weight is 251 g/mol. The van der Waals surface area contributed by atoms with Crippen LogP contribution in [0.25, 0.3) is 0 Å². The lowest BCUT2D eigenvalue weighted by Gasteiger charge is -2.26. The van der Waals surface area contributed by atoms with Crippen molar-refractivity contribution in [2.24, 2.45) is 0 Å². The van der Waals surface area contributed by atoms with Crippen molar-refractivity contribution in [3.8, 4) is 0 Å². The van der Waals surface area contributed by atoms with E-state index in [1.807, 2.05) is 4.68 Å². The molecule has 1 unspecified atom stereocenters. The van der Waals surface area contributed by atoms with Crippen LogP contribution in [0.2, 0.25) is 0 Å². The fourth-order valence-corrected chi connectivity index (χ4v) is 2.61. The molecule has 0 aliphatic carbocycles. The van der Waals surface area contributed by atoms with E-state index < -0.39 is 0 Å². The summed E-state index contributed by atoms with van der Waals surface area (Å²) in [4.78, 5) is 6.82. The molecule has 0 amide bonds. The number of hydrogen-bond donors (Lipinski definition) is 1. The summed E-state index contributed by atoms with van der Waals surface area (Å²) in [6.45, 7) is 7.47. The standard InChI is InChI=1S/C13H25N5/c1-11(2)18-13(15-10-16-18)9-17(3)12-5-4-7-14-8-6-12/h10-12,14H,4-9H2,1-3H3. The van der Waals surface area contributed by atoms with Crippen LogP contribution in [0.4, 0.5) is 0 Å². The number of hydrogen-bond acceptors (Lipinski definition) is 4. The zero-order chi connectivity index (χ0) is 13.0. The molecule has 5 nitrogen and oxygen atoms in total. The quantitative estimate of drug-likeness (QED) is 0.879. The molecule has 2 rings (SSSR count). The van der Waals surface area contributed by atoms with Gasteiger partial charge in [0.15, 0.2) is 0 Å². The predicted octanol–water partition coefficient (Wildman–Crippen LogP) is 1.43. The number of aromatic nitrogens is 3. The summed E-state index contributed by atoms with van der Waals surface area (Å²) in [5, 5.41) is 7.76. The van der Waals surface area contributed by atoms with Crippen LogP contribution < -0.4 is 5.32 Å². The van der Waals surface area contributed by atoms with Crippen LogP contribution in [-0.4, -0.2) is 45.8 Å². The zero-order valence-corrected chi connectivity index (χ0v) is 11.8. The molecule has 2 heterocycles. The third-order valence-corrected chi connectivity index (χ3v) is 3.70. The van der Waals surface area contributed by atoms with Crippen LogP contribution in [0.5, 0.6) is 0 Å².